The molecule has 0 amide bonds. The highest BCUT2D eigenvalue weighted by atomic mass is 16.3. The Kier molecular flexibility index (Phi) is 7.81. The van der Waals surface area contributed by atoms with Crippen LogP contribution in [0.25, 0.3) is 60.7 Å². The molecule has 0 fully saturated rings. The smallest absolute Gasteiger partial charge is 0.329 e. The van der Waals surface area contributed by atoms with Crippen molar-refractivity contribution in [1.29, 1.82) is 0 Å². The quantitative estimate of drug-likeness (QED) is 0.162. The molecule has 0 N–H and O–H groups in total. The van der Waals surface area contributed by atoms with Gasteiger partial charge in [-0.05, 0) is 127 Å². The maximum Gasteiger partial charge on any atom is 0.329 e. The predicted molar refractivity (Wildman–Crippen MR) is 290 cm³/mol. The van der Waals surface area contributed by atoms with Crippen LogP contribution in [0, 0.1) is 0 Å². The van der Waals surface area contributed by atoms with Crippen LogP contribution >= 0.6 is 0 Å². The normalized spacial score (nSPS) is 14.4. The summed E-state index contributed by atoms with van der Waals surface area (Å²) in [5, 5.41) is 3.58. The number of aromatic nitrogens is 1. The van der Waals surface area contributed by atoms with E-state index in [1.54, 1.807) is 0 Å². The summed E-state index contributed by atoms with van der Waals surface area (Å²) in [5.41, 5.74) is 26.1. The fourth-order valence-electron chi connectivity index (χ4n) is 12.4. The molecule has 4 aliphatic heterocycles. The van der Waals surface area contributed by atoms with Gasteiger partial charge in [0, 0.05) is 55.7 Å². The average Bonchev–Trinajstić information content (AvgIpc) is 3.87. The zero-order valence-electron chi connectivity index (χ0n) is 40.4. The SMILES string of the molecule is CC(C)(C)c1ccc2c(c1)B1c3cc(C(C)(C)C)ccc3-c3ccc4c5c3N1c1c(cc(C(C)(C)C)cc1-2)B5c1oc2ccccc2c1N4c1ccc2c(c1)c1ccccc1n2-c1ccccc1. The molecule has 0 aliphatic carbocycles. The second kappa shape index (κ2) is 13.3. The minimum atomic E-state index is -0.138. The summed E-state index contributed by atoms with van der Waals surface area (Å²) < 4.78 is 9.79. The molecule has 0 atom stereocenters. The minimum Gasteiger partial charge on any atom is -0.468 e. The molecule has 14 rings (SSSR count). The molecule has 8 aromatic carbocycles. The van der Waals surface area contributed by atoms with Crippen LogP contribution in [-0.4, -0.2) is 18.1 Å². The van der Waals surface area contributed by atoms with Gasteiger partial charge in [-0.15, -0.1) is 0 Å². The van der Waals surface area contributed by atoms with Gasteiger partial charge in [-0.3, -0.25) is 0 Å². The molecule has 0 unspecified atom stereocenters. The van der Waals surface area contributed by atoms with E-state index in [1.807, 2.05) is 0 Å². The van der Waals surface area contributed by atoms with Crippen LogP contribution in [0.15, 0.2) is 162 Å². The lowest BCUT2D eigenvalue weighted by Gasteiger charge is -2.51. The Labute approximate surface area is 400 Å². The fourth-order valence-corrected chi connectivity index (χ4v) is 12.4. The Morgan fingerprint density at radius 3 is 1.74 bits per heavy atom. The van der Waals surface area contributed by atoms with E-state index in [-0.39, 0.29) is 29.8 Å². The minimum absolute atomic E-state index is 0.0136. The van der Waals surface area contributed by atoms with E-state index in [4.69, 9.17) is 4.42 Å². The summed E-state index contributed by atoms with van der Waals surface area (Å²) >= 11 is 0. The molecule has 0 saturated heterocycles. The summed E-state index contributed by atoms with van der Waals surface area (Å²) in [6, 6.07) is 60.1. The fraction of sp³-hybridized carbons (Fsp3) is 0.194. The first-order valence-electron chi connectivity index (χ1n) is 24.5. The van der Waals surface area contributed by atoms with Crippen molar-refractivity contribution in [3.8, 4) is 27.9 Å². The molecule has 0 spiro atoms. The van der Waals surface area contributed by atoms with Crippen LogP contribution in [0.2, 0.25) is 0 Å². The zero-order valence-corrected chi connectivity index (χ0v) is 40.4. The summed E-state index contributed by atoms with van der Waals surface area (Å²) in [7, 11) is 0. The maximum atomic E-state index is 7.39. The van der Waals surface area contributed by atoms with Gasteiger partial charge in [-0.2, -0.15) is 0 Å². The number of hydrogen-bond donors (Lipinski definition) is 0. The number of benzene rings is 8. The van der Waals surface area contributed by atoms with Crippen LogP contribution in [0.3, 0.4) is 0 Å². The Morgan fingerprint density at radius 2 is 1.03 bits per heavy atom. The second-order valence-electron chi connectivity index (χ2n) is 23.0. The third-order valence-corrected chi connectivity index (χ3v) is 15.8. The van der Waals surface area contributed by atoms with Gasteiger partial charge in [0.15, 0.2) is 0 Å². The van der Waals surface area contributed by atoms with Crippen LogP contribution in [0.5, 0.6) is 0 Å². The first-order chi connectivity index (χ1) is 32.6. The lowest BCUT2D eigenvalue weighted by molar-refractivity contribution is 0.590. The number of hydrogen-bond acceptors (Lipinski definition) is 3. The molecule has 68 heavy (non-hydrogen) atoms. The van der Waals surface area contributed by atoms with Crippen molar-refractivity contribution in [2.45, 2.75) is 78.6 Å². The molecule has 0 saturated carbocycles. The van der Waals surface area contributed by atoms with E-state index in [2.05, 4.69) is 234 Å². The van der Waals surface area contributed by atoms with Gasteiger partial charge in [0.2, 0.25) is 0 Å². The zero-order chi connectivity index (χ0) is 46.3. The molecular weight excluding hydrogens is 824 g/mol. The molecule has 2 aromatic heterocycles. The highest BCUT2D eigenvalue weighted by Gasteiger charge is 2.54. The first kappa shape index (κ1) is 39.9. The van der Waals surface area contributed by atoms with Gasteiger partial charge in [0.25, 0.3) is 6.71 Å². The van der Waals surface area contributed by atoms with Crippen LogP contribution in [-0.2, 0) is 16.2 Å². The molecule has 6 heterocycles. The second-order valence-corrected chi connectivity index (χ2v) is 23.0. The standard InChI is InChI=1S/C62H53B2N3O/c1-60(2,3)36-23-26-41-44-28-30-53-55-57(44)67-56-47(42-27-24-37(61(4,5)6)33-49(42)64(67)48(41)32-36)31-38(62(7,8)9)34-50(56)63(55)59-58(45-20-14-16-22-54(45)68-59)66(53)40-25-29-52-46(35-40)43-19-13-15-21-51(43)65(52)39-17-11-10-12-18-39/h10-35H,1-9H3. The highest BCUT2D eigenvalue weighted by Crippen LogP contribution is 2.53. The van der Waals surface area contributed by atoms with E-state index >= 15 is 0 Å². The van der Waals surface area contributed by atoms with Gasteiger partial charge in [-0.25, -0.2) is 0 Å². The number of fused-ring (bicyclic) bond motifs is 14. The monoisotopic (exact) mass is 877 g/mol. The van der Waals surface area contributed by atoms with Gasteiger partial charge in [0.1, 0.15) is 5.58 Å². The molecule has 4 nitrogen and oxygen atoms in total. The number of para-hydroxylation sites is 3. The first-order valence-corrected chi connectivity index (χ1v) is 24.5. The van der Waals surface area contributed by atoms with Gasteiger partial charge >= 0.3 is 6.85 Å². The molecular formula is C62H53B2N3O. The number of furan rings is 1. The number of nitrogens with zero attached hydrogens (tertiary/aromatic N) is 3. The number of rotatable bonds is 2. The topological polar surface area (TPSA) is 24.6 Å². The average molecular weight is 878 g/mol. The van der Waals surface area contributed by atoms with Gasteiger partial charge in [0.05, 0.1) is 22.4 Å². The van der Waals surface area contributed by atoms with Crippen molar-refractivity contribution < 1.29 is 4.42 Å². The molecule has 6 heteroatoms. The van der Waals surface area contributed by atoms with Crippen LogP contribution in [0.4, 0.5) is 28.4 Å². The van der Waals surface area contributed by atoms with Crippen molar-refractivity contribution in [2.75, 3.05) is 9.71 Å². The van der Waals surface area contributed by atoms with E-state index in [0.717, 1.165) is 33.7 Å². The molecule has 328 valence electrons. The largest absolute Gasteiger partial charge is 0.468 e. The Balaban J connectivity index is 1.12. The van der Waals surface area contributed by atoms with E-state index in [0.29, 0.717) is 0 Å². The lowest BCUT2D eigenvalue weighted by Crippen LogP contribution is -2.69. The van der Waals surface area contributed by atoms with Crippen molar-refractivity contribution in [3.63, 3.8) is 0 Å². The summed E-state index contributed by atoms with van der Waals surface area (Å²) in [4.78, 5) is 5.33. The summed E-state index contributed by atoms with van der Waals surface area (Å²) in [6.07, 6.45) is 0. The van der Waals surface area contributed by atoms with E-state index in [9.17, 15) is 0 Å². The Hall–Kier alpha value is -7.17. The van der Waals surface area contributed by atoms with Crippen molar-refractivity contribution in [3.05, 3.63) is 174 Å². The molecule has 0 bridgehead atoms. The van der Waals surface area contributed by atoms with Crippen LogP contribution in [0.1, 0.15) is 79.0 Å². The van der Waals surface area contributed by atoms with Gasteiger partial charge in [-0.1, -0.05) is 159 Å². The third-order valence-electron chi connectivity index (χ3n) is 15.8. The van der Waals surface area contributed by atoms with Crippen LogP contribution < -0.4 is 37.2 Å². The lowest BCUT2D eigenvalue weighted by atomic mass is 9.31. The van der Waals surface area contributed by atoms with Crippen molar-refractivity contribution in [1.82, 2.24) is 4.57 Å². The molecule has 10 aromatic rings. The predicted octanol–water partition coefficient (Wildman–Crippen LogP) is 12.9. The van der Waals surface area contributed by atoms with Gasteiger partial charge < -0.3 is 18.7 Å². The molecule has 4 aliphatic rings. The maximum absolute atomic E-state index is 7.39. The molecule has 0 radical (unpaired) electrons. The number of anilines is 5. The van der Waals surface area contributed by atoms with Crippen molar-refractivity contribution >= 4 is 102 Å². The Morgan fingerprint density at radius 1 is 0.426 bits per heavy atom. The summed E-state index contributed by atoms with van der Waals surface area (Å²) in [6.45, 7) is 21.0. The van der Waals surface area contributed by atoms with E-state index < -0.39 is 0 Å². The summed E-state index contributed by atoms with van der Waals surface area (Å²) in [5.74, 6) is 0. The van der Waals surface area contributed by atoms with E-state index in [1.165, 1.54) is 99.7 Å². The highest BCUT2D eigenvalue weighted by molar-refractivity contribution is 7.03. The Bertz CT molecular complexity index is 3840. The third kappa shape index (κ3) is 5.29. The van der Waals surface area contributed by atoms with Crippen molar-refractivity contribution in [2.24, 2.45) is 0 Å².